The summed E-state index contributed by atoms with van der Waals surface area (Å²) >= 11 is 15.7. The number of carbonyl (C=O) groups excluding carboxylic acids is 4. The highest BCUT2D eigenvalue weighted by molar-refractivity contribution is 7.12. The summed E-state index contributed by atoms with van der Waals surface area (Å²) in [5, 5.41) is 30.4. The van der Waals surface area contributed by atoms with E-state index >= 15 is 0 Å². The summed E-state index contributed by atoms with van der Waals surface area (Å²) in [5.41, 5.74) is 5.10. The Morgan fingerprint density at radius 3 is 1.52 bits per heavy atom. The van der Waals surface area contributed by atoms with Gasteiger partial charge < -0.3 is 54.7 Å². The normalized spacial score (nSPS) is 23.0. The number of benzene rings is 4. The number of carboxylic acid groups (broad SMARTS) is 2. The molecule has 25 nitrogen and oxygen atoms in total. The molecule has 8 aliphatic heterocycles. The van der Waals surface area contributed by atoms with E-state index in [0.29, 0.717) is 141 Å². The van der Waals surface area contributed by atoms with E-state index in [1.165, 1.54) is 78.2 Å². The molecule has 1 unspecified atom stereocenters. The Morgan fingerprint density at radius 2 is 1.10 bits per heavy atom. The number of morpholine rings is 1. The number of hydrogen-bond acceptors (Lipinski definition) is 21. The molecule has 0 bridgehead atoms. The number of amides is 4. The van der Waals surface area contributed by atoms with Crippen LogP contribution in [0.5, 0.6) is 0 Å². The van der Waals surface area contributed by atoms with Crippen LogP contribution in [0.3, 0.4) is 0 Å². The van der Waals surface area contributed by atoms with E-state index in [1.54, 1.807) is 56.7 Å². The van der Waals surface area contributed by atoms with E-state index in [2.05, 4.69) is 35.3 Å². The molecule has 0 spiro atoms. The fourth-order valence-electron chi connectivity index (χ4n) is 14.1. The van der Waals surface area contributed by atoms with Gasteiger partial charge in [-0.3, -0.25) is 34.4 Å². The number of rotatable bonds is 18. The molecule has 10 heterocycles. The number of anilines is 4. The van der Waals surface area contributed by atoms with Crippen molar-refractivity contribution in [2.75, 3.05) is 126 Å². The van der Waals surface area contributed by atoms with Crippen LogP contribution in [0.2, 0.25) is 10.0 Å². The maximum atomic E-state index is 14.1. The van der Waals surface area contributed by atoms with Crippen LogP contribution in [0.15, 0.2) is 141 Å². The number of urea groups is 2. The molecular formula is C68H68Cl2F4N14O11S2. The van der Waals surface area contributed by atoms with Crippen molar-refractivity contribution in [1.29, 1.82) is 0 Å². The third kappa shape index (κ3) is 14.9. The van der Waals surface area contributed by atoms with Crippen molar-refractivity contribution in [3.63, 3.8) is 0 Å². The van der Waals surface area contributed by atoms with Gasteiger partial charge in [0.1, 0.15) is 29.8 Å². The van der Waals surface area contributed by atoms with Crippen molar-refractivity contribution in [3.8, 4) is 0 Å². The second kappa shape index (κ2) is 29.8. The molecular weight excluding hydrogens is 1400 g/mol. The topological polar surface area (TPSA) is 271 Å². The molecule has 14 rings (SSSR count). The van der Waals surface area contributed by atoms with Gasteiger partial charge in [0.2, 0.25) is 0 Å². The van der Waals surface area contributed by atoms with Crippen LogP contribution in [-0.2, 0) is 33.4 Å². The van der Waals surface area contributed by atoms with Crippen molar-refractivity contribution in [2.24, 2.45) is 9.98 Å². The van der Waals surface area contributed by atoms with E-state index in [-0.39, 0.29) is 64.3 Å². The first-order valence-corrected chi connectivity index (χ1v) is 34.9. The number of alkyl halides is 2. The first-order chi connectivity index (χ1) is 48.6. The smallest absolute Gasteiger partial charge is 0.338 e. The fraction of sp³-hybridized carbons (Fsp3) is 0.382. The lowest BCUT2D eigenvalue weighted by Gasteiger charge is -2.38. The number of esters is 2. The SMILES string of the molecule is COC(=O)C1=C(CN2CCN3C(=O)N(c4ccc(N5CC(F)(F)CC5C(=O)O)cc4)C[C@@H]3C2)NC(c2nccs2)=N[C@H]1c1ccc(F)cc1Cl.COC(=O)C1=C(CN2CCN3C(=O)N(c4ccc(N5CCOC[C@H]5CCC(=O)O)cc4)C[C@@H]3C2)NC(c2nccs2)=N[C@H]1c1ccc(F)cc1Cl. The molecule has 4 aromatic carbocycles. The standard InChI is InChI=1S/C35H37ClFN7O6S.C33H31ClF3N7O5S/c1-49-34(47)30-28(39-32(33-38-10-15-51-33)40-31(30)26-8-2-21(37)16-27(26)36)19-41-11-12-43-25(17-41)18-44(35(43)48)23-5-3-22(4-6-23)42-13-14-50-20-24(42)7-9-29(45)46;1-49-31(47)26-24(39-28(29-38-8-11-50-29)40-27(26)22-7-2-18(35)12-23(22)34)16-41-9-10-42-21(14-41)15-43(32(42)48)19-3-5-20(6-4-19)44-17-33(36,37)13-25(44)30(45)46/h2-6,8,10,15-16,24-25,31H,7,9,11-14,17-20H2,1H3,(H,39,40)(H,45,46);2-8,11-12,21,25,27H,9-10,13-17H2,1H3,(H,39,40)(H,45,46)/t24-,25+,31+;21-,25?,27-/m10/s1. The summed E-state index contributed by atoms with van der Waals surface area (Å²) in [4.78, 5) is 110. The Morgan fingerprint density at radius 1 is 0.634 bits per heavy atom. The van der Waals surface area contributed by atoms with Crippen LogP contribution >= 0.6 is 45.9 Å². The highest BCUT2D eigenvalue weighted by Gasteiger charge is 2.49. The quantitative estimate of drug-likeness (QED) is 0.0463. The predicted octanol–water partition coefficient (Wildman–Crippen LogP) is 8.53. The lowest BCUT2D eigenvalue weighted by molar-refractivity contribution is -0.139. The van der Waals surface area contributed by atoms with Crippen LogP contribution in [0, 0.1) is 11.6 Å². The second-order valence-electron chi connectivity index (χ2n) is 25.2. The van der Waals surface area contributed by atoms with Crippen molar-refractivity contribution in [1.82, 2.24) is 40.2 Å². The lowest BCUT2D eigenvalue weighted by Crippen LogP contribution is -2.53. The number of amidine groups is 2. The van der Waals surface area contributed by atoms with E-state index in [1.807, 2.05) is 34.5 Å². The number of nitrogens with one attached hydrogen (secondary N) is 2. The molecule has 8 aliphatic rings. The predicted molar refractivity (Wildman–Crippen MR) is 369 cm³/mol. The second-order valence-corrected chi connectivity index (χ2v) is 27.8. The number of nitrogens with zero attached hydrogens (tertiary/aromatic N) is 12. The van der Waals surface area contributed by atoms with Gasteiger partial charge in [-0.05, 0) is 79.2 Å². The average molecular weight is 1470 g/mol. The minimum absolute atomic E-state index is 0.0329. The number of piperazine rings is 2. The van der Waals surface area contributed by atoms with Gasteiger partial charge in [0, 0.05) is 163 Å². The molecule has 33 heteroatoms. The van der Waals surface area contributed by atoms with Gasteiger partial charge in [-0.1, -0.05) is 35.3 Å². The molecule has 6 saturated heterocycles. The minimum Gasteiger partial charge on any atom is -0.481 e. The third-order valence-corrected chi connectivity index (χ3v) is 21.2. The molecule has 6 fully saturated rings. The van der Waals surface area contributed by atoms with E-state index in [0.717, 1.165) is 11.4 Å². The van der Waals surface area contributed by atoms with Crippen molar-refractivity contribution >= 4 is 116 Å². The van der Waals surface area contributed by atoms with Gasteiger partial charge >= 0.3 is 35.9 Å². The van der Waals surface area contributed by atoms with E-state index in [4.69, 9.17) is 47.4 Å². The average Bonchev–Trinajstić information content (AvgIpc) is 1.20. The van der Waals surface area contributed by atoms with E-state index in [9.17, 15) is 56.5 Å². The summed E-state index contributed by atoms with van der Waals surface area (Å²) in [6.45, 7) is 5.42. The molecule has 101 heavy (non-hydrogen) atoms. The zero-order valence-corrected chi connectivity index (χ0v) is 57.5. The maximum Gasteiger partial charge on any atom is 0.338 e. The van der Waals surface area contributed by atoms with Crippen molar-refractivity contribution < 1.29 is 70.8 Å². The Bertz CT molecular complexity index is 4290. The van der Waals surface area contributed by atoms with Crippen LogP contribution in [0.1, 0.15) is 52.5 Å². The number of aliphatic carboxylic acids is 2. The number of fused-ring (bicyclic) bond motifs is 2. The number of carboxylic acids is 2. The van der Waals surface area contributed by atoms with Gasteiger partial charge in [0.25, 0.3) is 5.92 Å². The van der Waals surface area contributed by atoms with Crippen LogP contribution < -0.4 is 30.2 Å². The monoisotopic (exact) mass is 1470 g/mol. The Balaban J connectivity index is 0.000000181. The zero-order chi connectivity index (χ0) is 71.0. The van der Waals surface area contributed by atoms with Gasteiger partial charge in [0.05, 0.1) is 63.2 Å². The largest absolute Gasteiger partial charge is 0.481 e. The number of carbonyl (C=O) groups is 6. The number of aromatic nitrogens is 2. The van der Waals surface area contributed by atoms with Crippen molar-refractivity contribution in [2.45, 2.75) is 61.4 Å². The molecule has 0 radical (unpaired) electrons. The molecule has 4 amide bonds. The summed E-state index contributed by atoms with van der Waals surface area (Å²) in [5.74, 6) is -6.62. The third-order valence-electron chi connectivity index (χ3n) is 18.9. The summed E-state index contributed by atoms with van der Waals surface area (Å²) < 4.78 is 72.2. The fourth-order valence-corrected chi connectivity index (χ4v) is 15.8. The number of methoxy groups -OCH3 is 2. The Labute approximate surface area is 594 Å². The maximum absolute atomic E-state index is 14.1. The molecule has 0 saturated carbocycles. The molecule has 0 aliphatic carbocycles. The van der Waals surface area contributed by atoms with Crippen LogP contribution in [-0.4, -0.2) is 223 Å². The molecule has 530 valence electrons. The number of hydrogen-bond donors (Lipinski definition) is 4. The zero-order valence-electron chi connectivity index (χ0n) is 54.4. The molecule has 4 N–H and O–H groups in total. The summed E-state index contributed by atoms with van der Waals surface area (Å²) in [6.07, 6.45) is 3.09. The minimum atomic E-state index is -3.12. The highest BCUT2D eigenvalue weighted by atomic mass is 35.5. The number of ether oxygens (including phenoxy) is 3. The first-order valence-electron chi connectivity index (χ1n) is 32.4. The summed E-state index contributed by atoms with van der Waals surface area (Å²) in [6, 6.07) is 18.4. The number of halogens is 6. The Hall–Kier alpha value is -9.24. The molecule has 6 atom stereocenters. The van der Waals surface area contributed by atoms with Crippen molar-refractivity contribution in [3.05, 3.63) is 173 Å². The van der Waals surface area contributed by atoms with Gasteiger partial charge in [-0.2, -0.15) is 0 Å². The van der Waals surface area contributed by atoms with Gasteiger partial charge in [-0.15, -0.1) is 22.7 Å². The highest BCUT2D eigenvalue weighted by Crippen LogP contribution is 2.42. The summed E-state index contributed by atoms with van der Waals surface area (Å²) in [7, 11) is 2.57. The van der Waals surface area contributed by atoms with Crippen LogP contribution in [0.4, 0.5) is 49.9 Å². The van der Waals surface area contributed by atoms with E-state index < -0.39 is 72.5 Å². The Kier molecular flexibility index (Phi) is 20.7. The molecule has 2 aromatic heterocycles. The van der Waals surface area contributed by atoms with Gasteiger partial charge in [0.15, 0.2) is 21.7 Å². The van der Waals surface area contributed by atoms with Crippen LogP contribution in [0.25, 0.3) is 0 Å². The first kappa shape index (κ1) is 70.2. The molecule has 6 aromatic rings. The van der Waals surface area contributed by atoms with Gasteiger partial charge in [-0.25, -0.2) is 51.5 Å². The number of thiazole rings is 2. The lowest BCUT2D eigenvalue weighted by atomic mass is 9.95. The number of aliphatic imine (C=N–C) groups is 2.